The Bertz CT molecular complexity index is 2020. The van der Waals surface area contributed by atoms with Crippen molar-refractivity contribution in [1.29, 1.82) is 0 Å². The molecule has 0 aliphatic heterocycles. The summed E-state index contributed by atoms with van der Waals surface area (Å²) in [5, 5.41) is 9.70. The summed E-state index contributed by atoms with van der Waals surface area (Å²) in [6.07, 6.45) is 118. The molecule has 0 spiro atoms. The van der Waals surface area contributed by atoms with Gasteiger partial charge in [-0.25, -0.2) is 0 Å². The Hall–Kier alpha value is -5.52. The van der Waals surface area contributed by atoms with Crippen molar-refractivity contribution in [3.63, 3.8) is 0 Å². The number of esters is 2. The van der Waals surface area contributed by atoms with Crippen molar-refractivity contribution in [3.8, 4) is 0 Å². The first-order chi connectivity index (χ1) is 42.6. The molecule has 1 atom stereocenters. The fraction of sp³-hybridized carbons (Fsp3) is 0.556. The summed E-state index contributed by atoms with van der Waals surface area (Å²) in [6, 6.07) is 0. The van der Waals surface area contributed by atoms with E-state index in [-0.39, 0.29) is 25.2 Å². The van der Waals surface area contributed by atoms with E-state index in [2.05, 4.69) is 220 Å². The van der Waals surface area contributed by atoms with Gasteiger partial charge >= 0.3 is 11.9 Å². The minimum absolute atomic E-state index is 0.0848. The lowest BCUT2D eigenvalue weighted by Gasteiger charge is -2.15. The molecule has 0 heterocycles. The molecule has 0 aromatic heterocycles. The monoisotopic (exact) mass is 1180 g/mol. The highest BCUT2D eigenvalue weighted by Gasteiger charge is 2.16. The van der Waals surface area contributed by atoms with Crippen LogP contribution in [0.1, 0.15) is 271 Å². The number of carbonyl (C=O) groups excluding carboxylic acids is 2. The Morgan fingerprint density at radius 1 is 0.267 bits per heavy atom. The lowest BCUT2D eigenvalue weighted by molar-refractivity contribution is -0.161. The minimum atomic E-state index is -0.798. The van der Waals surface area contributed by atoms with E-state index in [0.29, 0.717) is 12.8 Å². The van der Waals surface area contributed by atoms with Crippen LogP contribution in [0.2, 0.25) is 0 Å². The highest BCUT2D eigenvalue weighted by molar-refractivity contribution is 5.70. The average molecular weight is 1180 g/mol. The molecule has 480 valence electrons. The number of allylic oxidation sites excluding steroid dienone is 34. The fourth-order valence-corrected chi connectivity index (χ4v) is 8.98. The van der Waals surface area contributed by atoms with E-state index in [9.17, 15) is 14.7 Å². The molecular formula is C81H126O5. The van der Waals surface area contributed by atoms with Crippen molar-refractivity contribution in [2.75, 3.05) is 13.2 Å². The van der Waals surface area contributed by atoms with Gasteiger partial charge in [-0.15, -0.1) is 0 Å². The molecule has 0 saturated heterocycles. The summed E-state index contributed by atoms with van der Waals surface area (Å²) >= 11 is 0. The van der Waals surface area contributed by atoms with Crippen molar-refractivity contribution in [1.82, 2.24) is 0 Å². The van der Waals surface area contributed by atoms with Gasteiger partial charge in [-0.3, -0.25) is 9.59 Å². The van der Waals surface area contributed by atoms with Crippen molar-refractivity contribution in [2.45, 2.75) is 277 Å². The zero-order valence-corrected chi connectivity index (χ0v) is 55.0. The zero-order chi connectivity index (χ0) is 61.9. The van der Waals surface area contributed by atoms with Crippen LogP contribution in [-0.4, -0.2) is 36.4 Å². The van der Waals surface area contributed by atoms with Crippen LogP contribution in [-0.2, 0) is 19.1 Å². The number of ether oxygens (including phenoxy) is 2. The van der Waals surface area contributed by atoms with Gasteiger partial charge in [0.15, 0.2) is 6.10 Å². The number of unbranched alkanes of at least 4 members (excludes halogenated alkanes) is 19. The maximum atomic E-state index is 12.4. The average Bonchev–Trinajstić information content (AvgIpc) is 3.53. The molecule has 0 rings (SSSR count). The maximum Gasteiger partial charge on any atom is 0.306 e. The molecule has 5 nitrogen and oxygen atoms in total. The number of aliphatic hydroxyl groups excluding tert-OH is 1. The van der Waals surface area contributed by atoms with E-state index in [1.54, 1.807) is 0 Å². The lowest BCUT2D eigenvalue weighted by Crippen LogP contribution is -2.28. The lowest BCUT2D eigenvalue weighted by atomic mass is 10.0. The summed E-state index contributed by atoms with van der Waals surface area (Å²) < 4.78 is 10.7. The second-order valence-electron chi connectivity index (χ2n) is 22.1. The van der Waals surface area contributed by atoms with E-state index in [1.807, 2.05) is 0 Å². The molecular weight excluding hydrogens is 1050 g/mol. The van der Waals surface area contributed by atoms with E-state index in [0.717, 1.165) is 161 Å². The third-order valence-electron chi connectivity index (χ3n) is 14.1. The highest BCUT2D eigenvalue weighted by atomic mass is 16.6. The molecule has 0 saturated carbocycles. The third-order valence-corrected chi connectivity index (χ3v) is 14.1. The van der Waals surface area contributed by atoms with Gasteiger partial charge in [0.2, 0.25) is 0 Å². The number of hydrogen-bond donors (Lipinski definition) is 1. The quantitative estimate of drug-likeness (QED) is 0.0373. The smallest absolute Gasteiger partial charge is 0.306 e. The summed E-state index contributed by atoms with van der Waals surface area (Å²) in [6.45, 7) is 3.90. The van der Waals surface area contributed by atoms with Crippen LogP contribution in [0.3, 0.4) is 0 Å². The van der Waals surface area contributed by atoms with Crippen LogP contribution in [0.25, 0.3) is 0 Å². The van der Waals surface area contributed by atoms with Crippen LogP contribution in [0.5, 0.6) is 0 Å². The molecule has 1 unspecified atom stereocenters. The maximum absolute atomic E-state index is 12.4. The van der Waals surface area contributed by atoms with Gasteiger partial charge in [-0.05, 0) is 148 Å². The van der Waals surface area contributed by atoms with Crippen molar-refractivity contribution >= 4 is 11.9 Å². The molecule has 0 aliphatic rings. The topological polar surface area (TPSA) is 72.8 Å². The van der Waals surface area contributed by atoms with Crippen molar-refractivity contribution < 1.29 is 24.2 Å². The second-order valence-corrected chi connectivity index (χ2v) is 22.1. The van der Waals surface area contributed by atoms with Gasteiger partial charge in [0.1, 0.15) is 6.61 Å². The van der Waals surface area contributed by atoms with Gasteiger partial charge in [-0.1, -0.05) is 317 Å². The molecule has 1 N–H and O–H groups in total. The van der Waals surface area contributed by atoms with Gasteiger partial charge < -0.3 is 14.6 Å². The summed E-state index contributed by atoms with van der Waals surface area (Å²) in [4.78, 5) is 24.7. The Morgan fingerprint density at radius 3 is 0.698 bits per heavy atom. The first kappa shape index (κ1) is 80.5. The van der Waals surface area contributed by atoms with Crippen LogP contribution >= 0.6 is 0 Å². The summed E-state index contributed by atoms with van der Waals surface area (Å²) in [5.41, 5.74) is 0. The molecule has 0 bridgehead atoms. The van der Waals surface area contributed by atoms with Crippen LogP contribution in [0.4, 0.5) is 0 Å². The molecule has 0 radical (unpaired) electrons. The standard InChI is InChI=1S/C81H126O5/c1-3-5-7-9-11-13-15-17-19-21-23-25-27-29-31-33-35-37-39-40-42-44-46-48-50-52-54-56-58-60-62-64-66-68-70-72-74-76-81(84)86-79(77-82)78-85-80(83)75-73-71-69-67-65-63-61-59-57-55-53-51-49-47-45-43-41-38-36-34-32-30-28-26-24-22-20-18-16-14-12-10-8-6-4-2/h5-8,11-14,17-20,23-26,29-32,35-38,40,42-43,45-46,48,52,54,58,60,79,82H,3-4,9-10,15-16,21-22,27-28,33-34,39,41,44,47,49-51,53,55-57,59,61-78H2,1-2H3/b7-5-,8-6-,13-11-,14-12-,19-17-,20-18-,25-23-,26-24-,31-29-,32-30-,37-35-,38-36-,42-40-,45-43-,48-46-,54-52-,60-58-. The summed E-state index contributed by atoms with van der Waals surface area (Å²) in [7, 11) is 0. The second kappa shape index (κ2) is 73.7. The predicted octanol–water partition coefficient (Wildman–Crippen LogP) is 24.5. The molecule has 0 aromatic carbocycles. The fourth-order valence-electron chi connectivity index (χ4n) is 8.98. The Labute approximate surface area is 530 Å². The molecule has 0 amide bonds. The highest BCUT2D eigenvalue weighted by Crippen LogP contribution is 2.15. The first-order valence-corrected chi connectivity index (χ1v) is 34.6. The van der Waals surface area contributed by atoms with E-state index in [4.69, 9.17) is 9.47 Å². The predicted molar refractivity (Wildman–Crippen MR) is 379 cm³/mol. The number of carbonyl (C=O) groups is 2. The summed E-state index contributed by atoms with van der Waals surface area (Å²) in [5.74, 6) is -0.619. The Balaban J connectivity index is 3.61. The largest absolute Gasteiger partial charge is 0.462 e. The minimum Gasteiger partial charge on any atom is -0.462 e. The van der Waals surface area contributed by atoms with E-state index >= 15 is 0 Å². The van der Waals surface area contributed by atoms with Crippen LogP contribution in [0.15, 0.2) is 207 Å². The van der Waals surface area contributed by atoms with Crippen LogP contribution in [0, 0.1) is 0 Å². The van der Waals surface area contributed by atoms with E-state index in [1.165, 1.54) is 83.5 Å². The zero-order valence-electron chi connectivity index (χ0n) is 55.0. The first-order valence-electron chi connectivity index (χ1n) is 34.6. The van der Waals surface area contributed by atoms with Gasteiger partial charge in [-0.2, -0.15) is 0 Å². The molecule has 0 aliphatic carbocycles. The Kier molecular flexibility index (Phi) is 69.0. The van der Waals surface area contributed by atoms with Crippen molar-refractivity contribution in [2.24, 2.45) is 0 Å². The number of aliphatic hydroxyl groups is 1. The van der Waals surface area contributed by atoms with E-state index < -0.39 is 6.10 Å². The normalized spacial score (nSPS) is 13.6. The molecule has 86 heavy (non-hydrogen) atoms. The Morgan fingerprint density at radius 2 is 0.465 bits per heavy atom. The number of hydrogen-bond acceptors (Lipinski definition) is 5. The van der Waals surface area contributed by atoms with Crippen molar-refractivity contribution in [3.05, 3.63) is 207 Å². The van der Waals surface area contributed by atoms with Gasteiger partial charge in [0.05, 0.1) is 6.61 Å². The third kappa shape index (κ3) is 71.0. The van der Waals surface area contributed by atoms with Crippen LogP contribution < -0.4 is 0 Å². The van der Waals surface area contributed by atoms with Gasteiger partial charge in [0, 0.05) is 12.8 Å². The van der Waals surface area contributed by atoms with Gasteiger partial charge in [0.25, 0.3) is 0 Å². The number of rotatable bonds is 61. The molecule has 5 heteroatoms. The molecule has 0 aromatic rings. The SMILES string of the molecule is CC/C=C\C/C=C\C/C=C\C/C=C\C/C=C\C/C=C\C/C=C\C/C=C\C/C=C\C/C=C\CCCCCCCCC(=O)OC(CO)COC(=O)CCCCCCCCCCCCCCC/C=C\C/C=C\C/C=C\C/C=C\C/C=C\C/C=C\C/C=C\CC. The molecule has 0 fully saturated rings.